The van der Waals surface area contributed by atoms with Gasteiger partial charge in [-0.25, -0.2) is 4.98 Å². The van der Waals surface area contributed by atoms with E-state index in [4.69, 9.17) is 4.74 Å². The van der Waals surface area contributed by atoms with E-state index in [9.17, 15) is 4.79 Å². The Bertz CT molecular complexity index is 695. The van der Waals surface area contributed by atoms with Crippen molar-refractivity contribution in [3.63, 3.8) is 0 Å². The molecule has 1 aliphatic carbocycles. The summed E-state index contributed by atoms with van der Waals surface area (Å²) in [5.74, 6) is 0.129. The molecule has 2 heterocycles. The summed E-state index contributed by atoms with van der Waals surface area (Å²) in [7, 11) is 0. The lowest BCUT2D eigenvalue weighted by Gasteiger charge is -2.36. The Labute approximate surface area is 146 Å². The van der Waals surface area contributed by atoms with E-state index < -0.39 is 0 Å². The SMILES string of the molecule is O=C([C@H]1CCCO1)N(Cc1nccs1)[C@H]1CCCc2ccccc21. The van der Waals surface area contributed by atoms with Crippen molar-refractivity contribution in [3.05, 3.63) is 52.0 Å². The topological polar surface area (TPSA) is 42.4 Å². The maximum absolute atomic E-state index is 13.2. The molecule has 1 fully saturated rings. The molecular formula is C19H22N2O2S. The van der Waals surface area contributed by atoms with Crippen LogP contribution in [0.25, 0.3) is 0 Å². The Morgan fingerprint density at radius 2 is 2.21 bits per heavy atom. The van der Waals surface area contributed by atoms with Gasteiger partial charge in [0.15, 0.2) is 0 Å². The Balaban J connectivity index is 1.66. The van der Waals surface area contributed by atoms with E-state index in [1.54, 1.807) is 11.3 Å². The van der Waals surface area contributed by atoms with Gasteiger partial charge in [0, 0.05) is 18.2 Å². The average molecular weight is 342 g/mol. The van der Waals surface area contributed by atoms with Crippen molar-refractivity contribution in [3.8, 4) is 0 Å². The lowest BCUT2D eigenvalue weighted by Crippen LogP contribution is -2.42. The second kappa shape index (κ2) is 7.03. The minimum atomic E-state index is -0.279. The van der Waals surface area contributed by atoms with Crippen molar-refractivity contribution in [2.45, 2.75) is 50.8 Å². The third-order valence-corrected chi connectivity index (χ3v) is 5.76. The number of nitrogens with zero attached hydrogens (tertiary/aromatic N) is 2. The zero-order chi connectivity index (χ0) is 16.4. The van der Waals surface area contributed by atoms with Crippen LogP contribution in [0.5, 0.6) is 0 Å². The van der Waals surface area contributed by atoms with Gasteiger partial charge in [0.2, 0.25) is 0 Å². The Morgan fingerprint density at radius 3 is 3.00 bits per heavy atom. The summed E-state index contributed by atoms with van der Waals surface area (Å²) in [6, 6.07) is 8.68. The first-order chi connectivity index (χ1) is 11.8. The number of rotatable bonds is 4. The van der Waals surface area contributed by atoms with Crippen LogP contribution in [0.1, 0.15) is 47.9 Å². The largest absolute Gasteiger partial charge is 0.368 e. The summed E-state index contributed by atoms with van der Waals surface area (Å²) < 4.78 is 5.69. The molecule has 0 saturated carbocycles. The lowest BCUT2D eigenvalue weighted by molar-refractivity contribution is -0.144. The fourth-order valence-corrected chi connectivity index (χ4v) is 4.44. The number of aromatic nitrogens is 1. The van der Waals surface area contributed by atoms with E-state index >= 15 is 0 Å². The molecule has 24 heavy (non-hydrogen) atoms. The number of aryl methyl sites for hydroxylation is 1. The van der Waals surface area contributed by atoms with Crippen LogP contribution < -0.4 is 0 Å². The smallest absolute Gasteiger partial charge is 0.252 e. The van der Waals surface area contributed by atoms with Gasteiger partial charge in [-0.2, -0.15) is 0 Å². The van der Waals surface area contributed by atoms with Crippen molar-refractivity contribution in [2.24, 2.45) is 0 Å². The summed E-state index contributed by atoms with van der Waals surface area (Å²) in [5, 5.41) is 2.96. The Kier molecular flexibility index (Phi) is 4.63. The maximum Gasteiger partial charge on any atom is 0.252 e. The van der Waals surface area contributed by atoms with E-state index in [-0.39, 0.29) is 18.1 Å². The molecule has 0 radical (unpaired) electrons. The van der Waals surface area contributed by atoms with E-state index in [2.05, 4.69) is 29.2 Å². The van der Waals surface area contributed by atoms with E-state index in [1.807, 2.05) is 16.5 Å². The summed E-state index contributed by atoms with van der Waals surface area (Å²) in [6.45, 7) is 1.28. The molecular weight excluding hydrogens is 320 g/mol. The van der Waals surface area contributed by atoms with Gasteiger partial charge < -0.3 is 9.64 Å². The van der Waals surface area contributed by atoms with Gasteiger partial charge in [0.1, 0.15) is 11.1 Å². The zero-order valence-corrected chi connectivity index (χ0v) is 14.5. The number of fused-ring (bicyclic) bond motifs is 1. The molecule has 1 saturated heterocycles. The molecule has 2 aromatic rings. The van der Waals surface area contributed by atoms with E-state index in [1.165, 1.54) is 11.1 Å². The zero-order valence-electron chi connectivity index (χ0n) is 13.7. The molecule has 0 N–H and O–H groups in total. The van der Waals surface area contributed by atoms with Crippen LogP contribution in [0.2, 0.25) is 0 Å². The summed E-state index contributed by atoms with van der Waals surface area (Å²) in [5.41, 5.74) is 2.67. The first-order valence-electron chi connectivity index (χ1n) is 8.71. The highest BCUT2D eigenvalue weighted by atomic mass is 32.1. The van der Waals surface area contributed by atoms with Crippen molar-refractivity contribution in [2.75, 3.05) is 6.61 Å². The van der Waals surface area contributed by atoms with Gasteiger partial charge >= 0.3 is 0 Å². The van der Waals surface area contributed by atoms with Gasteiger partial charge in [-0.05, 0) is 43.2 Å². The van der Waals surface area contributed by atoms with Gasteiger partial charge in [0.25, 0.3) is 5.91 Å². The Morgan fingerprint density at radius 1 is 1.29 bits per heavy atom. The molecule has 4 nitrogen and oxygen atoms in total. The molecule has 0 spiro atoms. The summed E-state index contributed by atoms with van der Waals surface area (Å²) in [6.07, 6.45) is 6.58. The number of carbonyl (C=O) groups excluding carboxylic acids is 1. The van der Waals surface area contributed by atoms with Crippen LogP contribution in [-0.2, 0) is 22.5 Å². The van der Waals surface area contributed by atoms with Gasteiger partial charge in [-0.1, -0.05) is 24.3 Å². The van der Waals surface area contributed by atoms with Crippen molar-refractivity contribution in [1.82, 2.24) is 9.88 Å². The number of thiazole rings is 1. The molecule has 1 aliphatic heterocycles. The normalized spacial score (nSPS) is 23.0. The van der Waals surface area contributed by atoms with Gasteiger partial charge in [0.05, 0.1) is 12.6 Å². The fourth-order valence-electron chi connectivity index (χ4n) is 3.83. The second-order valence-corrected chi connectivity index (χ2v) is 7.48. The first kappa shape index (κ1) is 15.8. The quantitative estimate of drug-likeness (QED) is 0.850. The van der Waals surface area contributed by atoms with E-state index in [0.29, 0.717) is 13.2 Å². The summed E-state index contributed by atoms with van der Waals surface area (Å²) >= 11 is 1.61. The highest BCUT2D eigenvalue weighted by Crippen LogP contribution is 2.36. The molecule has 5 heteroatoms. The maximum atomic E-state index is 13.2. The molecule has 0 bridgehead atoms. The highest BCUT2D eigenvalue weighted by molar-refractivity contribution is 7.09. The minimum Gasteiger partial charge on any atom is -0.368 e. The van der Waals surface area contributed by atoms with Crippen molar-refractivity contribution in [1.29, 1.82) is 0 Å². The monoisotopic (exact) mass is 342 g/mol. The predicted octanol–water partition coefficient (Wildman–Crippen LogP) is 3.73. The molecule has 0 unspecified atom stereocenters. The average Bonchev–Trinajstić information content (AvgIpc) is 3.32. The molecule has 2 atom stereocenters. The van der Waals surface area contributed by atoms with Crippen LogP contribution in [0, 0.1) is 0 Å². The molecule has 1 aromatic heterocycles. The fraction of sp³-hybridized carbons (Fsp3) is 0.474. The Hall–Kier alpha value is -1.72. The first-order valence-corrected chi connectivity index (χ1v) is 9.59. The molecule has 126 valence electrons. The standard InChI is InChI=1S/C19H22N2O2S/c22-19(17-9-4-11-23-17)21(13-18-20-10-12-24-18)16-8-3-6-14-5-1-2-7-15(14)16/h1-2,5,7,10,12,16-17H,3-4,6,8-9,11,13H2/t16-,17+/m0/s1. The summed E-state index contributed by atoms with van der Waals surface area (Å²) in [4.78, 5) is 19.6. The van der Waals surface area contributed by atoms with E-state index in [0.717, 1.165) is 37.1 Å². The predicted molar refractivity (Wildman–Crippen MR) is 93.8 cm³/mol. The van der Waals surface area contributed by atoms with Crippen LogP contribution in [0.15, 0.2) is 35.8 Å². The van der Waals surface area contributed by atoms with Crippen LogP contribution in [0.3, 0.4) is 0 Å². The number of ether oxygens (including phenoxy) is 1. The molecule has 4 rings (SSSR count). The van der Waals surface area contributed by atoms with Crippen molar-refractivity contribution >= 4 is 17.2 Å². The molecule has 1 aromatic carbocycles. The highest BCUT2D eigenvalue weighted by Gasteiger charge is 2.35. The van der Waals surface area contributed by atoms with Gasteiger partial charge in [-0.3, -0.25) is 4.79 Å². The number of carbonyl (C=O) groups is 1. The third kappa shape index (κ3) is 3.10. The lowest BCUT2D eigenvalue weighted by atomic mass is 9.86. The van der Waals surface area contributed by atoms with Crippen LogP contribution in [0.4, 0.5) is 0 Å². The second-order valence-electron chi connectivity index (χ2n) is 6.50. The number of hydrogen-bond donors (Lipinski definition) is 0. The third-order valence-electron chi connectivity index (χ3n) is 4.99. The minimum absolute atomic E-state index is 0.129. The number of amides is 1. The van der Waals surface area contributed by atoms with Crippen LogP contribution >= 0.6 is 11.3 Å². The molecule has 1 amide bonds. The molecule has 2 aliphatic rings. The number of benzene rings is 1. The van der Waals surface area contributed by atoms with Crippen molar-refractivity contribution < 1.29 is 9.53 Å². The van der Waals surface area contributed by atoms with Gasteiger partial charge in [-0.15, -0.1) is 11.3 Å². The number of hydrogen-bond acceptors (Lipinski definition) is 4. The van der Waals surface area contributed by atoms with Crippen LogP contribution in [-0.4, -0.2) is 28.5 Å².